The number of esters is 2. The van der Waals surface area contributed by atoms with E-state index in [1.165, 1.54) is 26.7 Å². The molecule has 0 atom stereocenters. The molecule has 0 amide bonds. The smallest absolute Gasteiger partial charge is 0.341 e. The van der Waals surface area contributed by atoms with Gasteiger partial charge in [0.05, 0.1) is 51.2 Å². The Morgan fingerprint density at radius 3 is 1.68 bits per heavy atom. The summed E-state index contributed by atoms with van der Waals surface area (Å²) in [5.41, 5.74) is 2.88. The minimum Gasteiger partial charge on any atom is -0.467 e. The van der Waals surface area contributed by atoms with Gasteiger partial charge in [-0.25, -0.2) is 9.59 Å². The van der Waals surface area contributed by atoms with Gasteiger partial charge in [-0.05, 0) is 30.7 Å². The summed E-state index contributed by atoms with van der Waals surface area (Å²) < 4.78 is 20.9. The fraction of sp³-hybridized carbons (Fsp3) is 0.304. The molecule has 2 aromatic heterocycles. The minimum absolute atomic E-state index is 0.415. The van der Waals surface area contributed by atoms with Gasteiger partial charge >= 0.3 is 11.9 Å². The third kappa shape index (κ3) is 4.14. The van der Waals surface area contributed by atoms with Crippen LogP contribution >= 0.6 is 0 Å². The predicted octanol–water partition coefficient (Wildman–Crippen LogP) is 3.86. The standard InChI is InChI=1S/C23H24N2O6/c1-28-22(26)16-8-12-30-20(16)14-24-10-5-11-25(19-7-4-3-6-18(19)24)15-21-17(9-13-31-21)23(27)29-2/h3-4,6-9,12-13H,5,10-11,14-15H2,1-2H3. The molecule has 162 valence electrons. The molecule has 0 bridgehead atoms. The Balaban J connectivity index is 1.62. The number of ether oxygens (including phenoxy) is 2. The average Bonchev–Trinajstić information content (AvgIpc) is 3.42. The molecule has 1 aliphatic rings. The van der Waals surface area contributed by atoms with Crippen molar-refractivity contribution in [1.29, 1.82) is 0 Å². The van der Waals surface area contributed by atoms with E-state index in [0.29, 0.717) is 35.7 Å². The summed E-state index contributed by atoms with van der Waals surface area (Å²) in [5, 5.41) is 0. The van der Waals surface area contributed by atoms with Crippen molar-refractivity contribution >= 4 is 23.3 Å². The van der Waals surface area contributed by atoms with E-state index in [2.05, 4.69) is 9.80 Å². The van der Waals surface area contributed by atoms with Crippen LogP contribution in [0.25, 0.3) is 0 Å². The molecular weight excluding hydrogens is 400 g/mol. The first-order valence-corrected chi connectivity index (χ1v) is 10.0. The largest absolute Gasteiger partial charge is 0.467 e. The first-order valence-electron chi connectivity index (χ1n) is 10.0. The van der Waals surface area contributed by atoms with Crippen molar-refractivity contribution in [3.63, 3.8) is 0 Å². The highest BCUT2D eigenvalue weighted by Gasteiger charge is 2.25. The first kappa shape index (κ1) is 20.6. The van der Waals surface area contributed by atoms with E-state index in [0.717, 1.165) is 30.9 Å². The van der Waals surface area contributed by atoms with Gasteiger partial charge in [-0.15, -0.1) is 0 Å². The maximum Gasteiger partial charge on any atom is 0.341 e. The van der Waals surface area contributed by atoms with Crippen LogP contribution in [-0.4, -0.2) is 39.2 Å². The van der Waals surface area contributed by atoms with Crippen LogP contribution in [0.3, 0.4) is 0 Å². The third-order valence-corrected chi connectivity index (χ3v) is 5.39. The number of fused-ring (bicyclic) bond motifs is 1. The van der Waals surface area contributed by atoms with Gasteiger partial charge in [-0.3, -0.25) is 0 Å². The molecule has 0 saturated carbocycles. The van der Waals surface area contributed by atoms with Crippen LogP contribution in [-0.2, 0) is 22.6 Å². The maximum atomic E-state index is 12.0. The fourth-order valence-corrected chi connectivity index (χ4v) is 3.88. The summed E-state index contributed by atoms with van der Waals surface area (Å²) in [6.45, 7) is 2.43. The Morgan fingerprint density at radius 1 is 0.806 bits per heavy atom. The Kier molecular flexibility index (Phi) is 5.97. The Bertz CT molecular complexity index is 986. The van der Waals surface area contributed by atoms with Gasteiger partial charge in [0, 0.05) is 13.1 Å². The zero-order valence-corrected chi connectivity index (χ0v) is 17.5. The molecule has 0 radical (unpaired) electrons. The Hall–Kier alpha value is -3.68. The molecule has 0 N–H and O–H groups in total. The number of benzene rings is 1. The van der Waals surface area contributed by atoms with E-state index in [1.807, 2.05) is 24.3 Å². The van der Waals surface area contributed by atoms with Gasteiger partial charge in [0.25, 0.3) is 0 Å². The van der Waals surface area contributed by atoms with Gasteiger partial charge in [0.1, 0.15) is 22.6 Å². The van der Waals surface area contributed by atoms with Crippen LogP contribution < -0.4 is 9.80 Å². The van der Waals surface area contributed by atoms with Crippen LogP contribution in [0.4, 0.5) is 11.4 Å². The van der Waals surface area contributed by atoms with Crippen molar-refractivity contribution in [3.8, 4) is 0 Å². The number of methoxy groups -OCH3 is 2. The van der Waals surface area contributed by atoms with Gasteiger partial charge < -0.3 is 28.1 Å². The molecule has 0 fully saturated rings. The number of hydrogen-bond donors (Lipinski definition) is 0. The molecule has 1 aromatic carbocycles. The first-order chi connectivity index (χ1) is 15.1. The number of hydrogen-bond acceptors (Lipinski definition) is 8. The van der Waals surface area contributed by atoms with Gasteiger partial charge in [-0.2, -0.15) is 0 Å². The van der Waals surface area contributed by atoms with E-state index >= 15 is 0 Å². The molecule has 0 aliphatic carbocycles. The number of carbonyl (C=O) groups is 2. The van der Waals surface area contributed by atoms with Crippen molar-refractivity contribution in [3.05, 3.63) is 71.6 Å². The molecule has 0 unspecified atom stereocenters. The van der Waals surface area contributed by atoms with E-state index in [4.69, 9.17) is 18.3 Å². The molecule has 31 heavy (non-hydrogen) atoms. The zero-order chi connectivity index (χ0) is 21.8. The number of anilines is 2. The summed E-state index contributed by atoms with van der Waals surface area (Å²) in [6, 6.07) is 11.3. The molecule has 3 heterocycles. The lowest BCUT2D eigenvalue weighted by Gasteiger charge is -2.27. The summed E-state index contributed by atoms with van der Waals surface area (Å²) in [6.07, 6.45) is 3.88. The van der Waals surface area contributed by atoms with Crippen LogP contribution in [0.1, 0.15) is 38.7 Å². The fourth-order valence-electron chi connectivity index (χ4n) is 3.88. The van der Waals surface area contributed by atoms with Gasteiger partial charge in [-0.1, -0.05) is 12.1 Å². The number of para-hydroxylation sites is 2. The number of carbonyl (C=O) groups excluding carboxylic acids is 2. The molecule has 0 saturated heterocycles. The minimum atomic E-state index is -0.415. The lowest BCUT2D eigenvalue weighted by atomic mass is 10.2. The van der Waals surface area contributed by atoms with E-state index in [9.17, 15) is 9.59 Å². The van der Waals surface area contributed by atoms with Crippen LogP contribution in [0.5, 0.6) is 0 Å². The monoisotopic (exact) mass is 424 g/mol. The van der Waals surface area contributed by atoms with E-state index in [1.54, 1.807) is 12.1 Å². The molecule has 8 heteroatoms. The van der Waals surface area contributed by atoms with Crippen molar-refractivity contribution in [2.45, 2.75) is 19.5 Å². The van der Waals surface area contributed by atoms with Crippen LogP contribution in [0.2, 0.25) is 0 Å². The molecule has 8 nitrogen and oxygen atoms in total. The Labute approximate surface area is 179 Å². The summed E-state index contributed by atoms with van der Waals surface area (Å²) in [5.74, 6) is 0.298. The normalized spacial score (nSPS) is 13.5. The third-order valence-electron chi connectivity index (χ3n) is 5.39. The molecule has 4 rings (SSSR count). The quantitative estimate of drug-likeness (QED) is 0.552. The lowest BCUT2D eigenvalue weighted by Crippen LogP contribution is -2.24. The summed E-state index contributed by atoms with van der Waals surface area (Å²) in [7, 11) is 2.71. The van der Waals surface area contributed by atoms with Crippen molar-refractivity contribution in [2.75, 3.05) is 37.1 Å². The highest BCUT2D eigenvalue weighted by Crippen LogP contribution is 2.35. The second-order valence-corrected chi connectivity index (χ2v) is 7.18. The lowest BCUT2D eigenvalue weighted by molar-refractivity contribution is 0.0589. The van der Waals surface area contributed by atoms with Crippen molar-refractivity contribution < 1.29 is 27.9 Å². The van der Waals surface area contributed by atoms with Gasteiger partial charge in [0.15, 0.2) is 0 Å². The maximum absolute atomic E-state index is 12.0. The second-order valence-electron chi connectivity index (χ2n) is 7.18. The van der Waals surface area contributed by atoms with Crippen molar-refractivity contribution in [2.24, 2.45) is 0 Å². The van der Waals surface area contributed by atoms with E-state index < -0.39 is 11.9 Å². The SMILES string of the molecule is COC(=O)c1ccoc1CN1CCCN(Cc2occc2C(=O)OC)c2ccccc21. The molecule has 3 aromatic rings. The molecule has 1 aliphatic heterocycles. The molecule has 0 spiro atoms. The number of nitrogens with zero attached hydrogens (tertiary/aromatic N) is 2. The second kappa shape index (κ2) is 8.99. The Morgan fingerprint density at radius 2 is 1.26 bits per heavy atom. The predicted molar refractivity (Wildman–Crippen MR) is 113 cm³/mol. The molecular formula is C23H24N2O6. The van der Waals surface area contributed by atoms with Crippen LogP contribution in [0, 0.1) is 0 Å². The van der Waals surface area contributed by atoms with Crippen LogP contribution in [0.15, 0.2) is 57.8 Å². The van der Waals surface area contributed by atoms with Gasteiger partial charge in [0.2, 0.25) is 0 Å². The number of furan rings is 2. The summed E-state index contributed by atoms with van der Waals surface area (Å²) in [4.78, 5) is 28.4. The van der Waals surface area contributed by atoms with Crippen molar-refractivity contribution in [1.82, 2.24) is 0 Å². The number of rotatable bonds is 6. The highest BCUT2D eigenvalue weighted by molar-refractivity contribution is 5.91. The topological polar surface area (TPSA) is 85.4 Å². The van der Waals surface area contributed by atoms with E-state index in [-0.39, 0.29) is 0 Å². The summed E-state index contributed by atoms with van der Waals surface area (Å²) >= 11 is 0. The highest BCUT2D eigenvalue weighted by atomic mass is 16.5. The average molecular weight is 424 g/mol. The zero-order valence-electron chi connectivity index (χ0n) is 17.5.